The van der Waals surface area contributed by atoms with E-state index in [0.717, 1.165) is 11.1 Å². The van der Waals surface area contributed by atoms with Crippen molar-refractivity contribution in [3.63, 3.8) is 0 Å². The Bertz CT molecular complexity index is 903. The molecule has 2 amide bonds. The lowest BCUT2D eigenvalue weighted by Gasteiger charge is -2.05. The zero-order valence-corrected chi connectivity index (χ0v) is 17.7. The Morgan fingerprint density at radius 1 is 1.07 bits per heavy atom. The second kappa shape index (κ2) is 11.2. The zero-order valence-electron chi connectivity index (χ0n) is 16.9. The number of hydrogen-bond donors (Lipinski definition) is 2. The van der Waals surface area contributed by atoms with Crippen LogP contribution in [0, 0.1) is 0 Å². The number of nitrogens with one attached hydrogen (secondary N) is 2. The van der Waals surface area contributed by atoms with Crippen molar-refractivity contribution < 1.29 is 9.59 Å². The SMILES string of the molecule is CC(=C/c1ccc(C(C)C)cc1)/C=N/NC(=O)CCC(=O)Nc1cccc(Cl)c1. The summed E-state index contributed by atoms with van der Waals surface area (Å²) in [6, 6.07) is 15.2. The number of halogens is 1. The maximum atomic E-state index is 11.9. The molecule has 2 aromatic rings. The van der Waals surface area contributed by atoms with Crippen LogP contribution in [0.1, 0.15) is 50.7 Å². The third kappa shape index (κ3) is 8.32. The van der Waals surface area contributed by atoms with Gasteiger partial charge in [-0.25, -0.2) is 5.43 Å². The minimum absolute atomic E-state index is 0.0448. The van der Waals surface area contributed by atoms with Crippen molar-refractivity contribution >= 4 is 41.4 Å². The van der Waals surface area contributed by atoms with Crippen molar-refractivity contribution in [2.24, 2.45) is 5.10 Å². The van der Waals surface area contributed by atoms with Crippen molar-refractivity contribution in [3.05, 3.63) is 70.3 Å². The third-order valence-corrected chi connectivity index (χ3v) is 4.38. The number of anilines is 1. The van der Waals surface area contributed by atoms with Crippen LogP contribution in [0.2, 0.25) is 5.02 Å². The van der Waals surface area contributed by atoms with Crippen molar-refractivity contribution in [3.8, 4) is 0 Å². The normalized spacial score (nSPS) is 11.7. The van der Waals surface area contributed by atoms with E-state index >= 15 is 0 Å². The van der Waals surface area contributed by atoms with Gasteiger partial charge >= 0.3 is 0 Å². The van der Waals surface area contributed by atoms with Crippen LogP contribution in [0.3, 0.4) is 0 Å². The highest BCUT2D eigenvalue weighted by molar-refractivity contribution is 6.30. The Morgan fingerprint density at radius 3 is 2.41 bits per heavy atom. The Balaban J connectivity index is 1.75. The largest absolute Gasteiger partial charge is 0.326 e. The van der Waals surface area contributed by atoms with E-state index in [2.05, 4.69) is 54.0 Å². The Labute approximate surface area is 176 Å². The van der Waals surface area contributed by atoms with Gasteiger partial charge in [-0.05, 0) is 47.7 Å². The van der Waals surface area contributed by atoms with Gasteiger partial charge in [-0.1, -0.05) is 61.9 Å². The van der Waals surface area contributed by atoms with Crippen molar-refractivity contribution in [1.82, 2.24) is 5.43 Å². The van der Waals surface area contributed by atoms with Crippen LogP contribution < -0.4 is 10.7 Å². The molecule has 0 saturated carbocycles. The van der Waals surface area contributed by atoms with Crippen LogP contribution in [0.25, 0.3) is 6.08 Å². The number of carbonyl (C=O) groups excluding carboxylic acids is 2. The molecule has 0 aromatic heterocycles. The van der Waals surface area contributed by atoms with E-state index in [1.807, 2.05) is 13.0 Å². The van der Waals surface area contributed by atoms with Gasteiger partial charge in [0.05, 0.1) is 6.21 Å². The number of allylic oxidation sites excluding steroid dienone is 1. The molecule has 0 bridgehead atoms. The first kappa shape index (κ1) is 22.4. The maximum Gasteiger partial charge on any atom is 0.240 e. The molecule has 2 rings (SSSR count). The predicted molar refractivity (Wildman–Crippen MR) is 120 cm³/mol. The van der Waals surface area contributed by atoms with Gasteiger partial charge in [0.15, 0.2) is 0 Å². The highest BCUT2D eigenvalue weighted by atomic mass is 35.5. The maximum absolute atomic E-state index is 11.9. The predicted octanol–water partition coefficient (Wildman–Crippen LogP) is 5.39. The van der Waals surface area contributed by atoms with Crippen LogP contribution in [0.5, 0.6) is 0 Å². The van der Waals surface area contributed by atoms with Crippen molar-refractivity contribution in [2.75, 3.05) is 5.32 Å². The summed E-state index contributed by atoms with van der Waals surface area (Å²) in [6.45, 7) is 6.23. The molecule has 0 aliphatic heterocycles. The van der Waals surface area contributed by atoms with Gasteiger partial charge in [-0.15, -0.1) is 0 Å². The first-order valence-corrected chi connectivity index (χ1v) is 9.87. The lowest BCUT2D eigenvalue weighted by molar-refractivity contribution is -0.124. The molecule has 0 aliphatic carbocycles. The number of amides is 2. The highest BCUT2D eigenvalue weighted by Crippen LogP contribution is 2.16. The van der Waals surface area contributed by atoms with Crippen LogP contribution in [-0.4, -0.2) is 18.0 Å². The average molecular weight is 412 g/mol. The fourth-order valence-corrected chi connectivity index (χ4v) is 2.75. The van der Waals surface area contributed by atoms with E-state index < -0.39 is 0 Å². The minimum atomic E-state index is -0.323. The molecule has 5 nitrogen and oxygen atoms in total. The summed E-state index contributed by atoms with van der Waals surface area (Å²) in [5, 5.41) is 7.18. The summed E-state index contributed by atoms with van der Waals surface area (Å²) in [5.74, 6) is -0.0811. The van der Waals surface area contributed by atoms with Crippen LogP contribution in [0.4, 0.5) is 5.69 Å². The van der Waals surface area contributed by atoms with E-state index in [1.165, 1.54) is 5.56 Å². The summed E-state index contributed by atoms with van der Waals surface area (Å²) in [5.41, 5.74) is 6.31. The van der Waals surface area contributed by atoms with Crippen LogP contribution >= 0.6 is 11.6 Å². The van der Waals surface area contributed by atoms with Gasteiger partial charge in [-0.2, -0.15) is 5.10 Å². The highest BCUT2D eigenvalue weighted by Gasteiger charge is 2.07. The molecule has 0 fully saturated rings. The fraction of sp³-hybridized carbons (Fsp3) is 0.261. The van der Waals surface area contributed by atoms with Crippen molar-refractivity contribution in [2.45, 2.75) is 39.5 Å². The Hall–Kier alpha value is -2.92. The molecule has 2 aromatic carbocycles. The number of nitrogens with zero attached hydrogens (tertiary/aromatic N) is 1. The topological polar surface area (TPSA) is 70.6 Å². The number of benzene rings is 2. The quantitative estimate of drug-likeness (QED) is 0.451. The summed E-state index contributed by atoms with van der Waals surface area (Å²) >= 11 is 5.87. The van der Waals surface area contributed by atoms with Gasteiger partial charge in [0.2, 0.25) is 11.8 Å². The monoisotopic (exact) mass is 411 g/mol. The molecule has 0 heterocycles. The summed E-state index contributed by atoms with van der Waals surface area (Å²) < 4.78 is 0. The van der Waals surface area contributed by atoms with Crippen LogP contribution in [-0.2, 0) is 9.59 Å². The van der Waals surface area contributed by atoms with Gasteiger partial charge in [-0.3, -0.25) is 9.59 Å². The Morgan fingerprint density at radius 2 is 1.76 bits per heavy atom. The molecule has 0 saturated heterocycles. The summed E-state index contributed by atoms with van der Waals surface area (Å²) in [6.07, 6.45) is 3.67. The van der Waals surface area contributed by atoms with E-state index in [-0.39, 0.29) is 24.7 Å². The minimum Gasteiger partial charge on any atom is -0.326 e. The smallest absolute Gasteiger partial charge is 0.240 e. The number of rotatable bonds is 8. The van der Waals surface area contributed by atoms with E-state index in [9.17, 15) is 9.59 Å². The number of hydrazone groups is 1. The summed E-state index contributed by atoms with van der Waals surface area (Å²) in [4.78, 5) is 23.7. The summed E-state index contributed by atoms with van der Waals surface area (Å²) in [7, 11) is 0. The molecule has 0 radical (unpaired) electrons. The van der Waals surface area contributed by atoms with E-state index in [4.69, 9.17) is 11.6 Å². The first-order chi connectivity index (χ1) is 13.8. The molecular formula is C23H26ClN3O2. The molecule has 0 atom stereocenters. The molecule has 0 aliphatic rings. The molecular weight excluding hydrogens is 386 g/mol. The van der Waals surface area contributed by atoms with E-state index in [0.29, 0.717) is 16.6 Å². The number of carbonyl (C=O) groups is 2. The lowest BCUT2D eigenvalue weighted by Crippen LogP contribution is -2.20. The molecule has 0 unspecified atom stereocenters. The molecule has 152 valence electrons. The Kier molecular flexibility index (Phi) is 8.62. The van der Waals surface area contributed by atoms with Gasteiger partial charge in [0, 0.05) is 23.6 Å². The zero-order chi connectivity index (χ0) is 21.2. The van der Waals surface area contributed by atoms with Crippen LogP contribution in [0.15, 0.2) is 59.2 Å². The molecule has 29 heavy (non-hydrogen) atoms. The second-order valence-corrected chi connectivity index (χ2v) is 7.50. The third-order valence-electron chi connectivity index (χ3n) is 4.14. The fourth-order valence-electron chi connectivity index (χ4n) is 2.56. The van der Waals surface area contributed by atoms with Crippen molar-refractivity contribution in [1.29, 1.82) is 0 Å². The molecule has 0 spiro atoms. The number of hydrogen-bond acceptors (Lipinski definition) is 3. The molecule has 6 heteroatoms. The van der Waals surface area contributed by atoms with Gasteiger partial charge in [0.25, 0.3) is 0 Å². The standard InChI is InChI=1S/C23H26ClN3O2/c1-16(2)19-9-7-18(8-10-19)13-17(3)15-25-27-23(29)12-11-22(28)26-21-6-4-5-20(24)14-21/h4-10,13-16H,11-12H2,1-3H3,(H,26,28)(H,27,29)/b17-13-,25-15+. The van der Waals surface area contributed by atoms with Gasteiger partial charge < -0.3 is 5.32 Å². The average Bonchev–Trinajstić information content (AvgIpc) is 2.67. The van der Waals surface area contributed by atoms with Gasteiger partial charge in [0.1, 0.15) is 0 Å². The second-order valence-electron chi connectivity index (χ2n) is 7.06. The molecule has 2 N–H and O–H groups in total. The lowest BCUT2D eigenvalue weighted by atomic mass is 10.0. The first-order valence-electron chi connectivity index (χ1n) is 9.49. The van der Waals surface area contributed by atoms with E-state index in [1.54, 1.807) is 30.5 Å².